The highest BCUT2D eigenvalue weighted by Crippen LogP contribution is 2.18. The van der Waals surface area contributed by atoms with Crippen LogP contribution in [0.25, 0.3) is 0 Å². The van der Waals surface area contributed by atoms with Gasteiger partial charge in [0.1, 0.15) is 5.01 Å². The van der Waals surface area contributed by atoms with Crippen molar-refractivity contribution in [2.45, 2.75) is 46.7 Å². The van der Waals surface area contributed by atoms with Gasteiger partial charge in [0.15, 0.2) is 5.96 Å². The van der Waals surface area contributed by atoms with Crippen molar-refractivity contribution in [3.63, 3.8) is 0 Å². The van der Waals surface area contributed by atoms with E-state index in [1.807, 2.05) is 0 Å². The first-order valence-corrected chi connectivity index (χ1v) is 9.30. The molecule has 0 aliphatic rings. The van der Waals surface area contributed by atoms with Crippen LogP contribution in [0.5, 0.6) is 0 Å². The maximum absolute atomic E-state index is 4.64. The van der Waals surface area contributed by atoms with Crippen LogP contribution in [-0.2, 0) is 13.1 Å². The second kappa shape index (κ2) is 10.2. The molecule has 2 heterocycles. The van der Waals surface area contributed by atoms with E-state index in [9.17, 15) is 0 Å². The van der Waals surface area contributed by atoms with E-state index >= 15 is 0 Å². The monoisotopic (exact) mass is 464 g/mol. The second-order valence-electron chi connectivity index (χ2n) is 5.38. The molecule has 0 aliphatic carbocycles. The number of rotatable bonds is 6. The summed E-state index contributed by atoms with van der Waals surface area (Å²) in [5.41, 5.74) is 1.16. The number of nitrogens with zero attached hydrogens (tertiary/aromatic N) is 2. The lowest BCUT2D eigenvalue weighted by Gasteiger charge is -2.09. The summed E-state index contributed by atoms with van der Waals surface area (Å²) < 4.78 is 0. The van der Waals surface area contributed by atoms with Crippen molar-refractivity contribution >= 4 is 52.6 Å². The van der Waals surface area contributed by atoms with Crippen LogP contribution < -0.4 is 10.6 Å². The highest BCUT2D eigenvalue weighted by atomic mass is 127. The van der Waals surface area contributed by atoms with Crippen molar-refractivity contribution in [2.24, 2.45) is 4.99 Å². The number of thiazole rings is 1. The van der Waals surface area contributed by atoms with Gasteiger partial charge in [-0.3, -0.25) is 0 Å². The number of aryl methyl sites for hydroxylation is 1. The van der Waals surface area contributed by atoms with Crippen LogP contribution in [0.15, 0.2) is 22.5 Å². The molecule has 2 aromatic heterocycles. The van der Waals surface area contributed by atoms with Gasteiger partial charge < -0.3 is 10.6 Å². The molecule has 7 heteroatoms. The Morgan fingerprint density at radius 3 is 2.65 bits per heavy atom. The van der Waals surface area contributed by atoms with Gasteiger partial charge in [0, 0.05) is 21.7 Å². The quantitative estimate of drug-likeness (QED) is 0.376. The molecule has 0 aliphatic heterocycles. The Morgan fingerprint density at radius 1 is 1.30 bits per heavy atom. The van der Waals surface area contributed by atoms with E-state index in [4.69, 9.17) is 0 Å². The van der Waals surface area contributed by atoms with Gasteiger partial charge >= 0.3 is 0 Å². The van der Waals surface area contributed by atoms with Crippen molar-refractivity contribution in [3.05, 3.63) is 38.0 Å². The molecule has 2 N–H and O–H groups in total. The number of halogens is 1. The fourth-order valence-electron chi connectivity index (χ4n) is 1.90. The molecule has 2 aromatic rings. The minimum Gasteiger partial charge on any atom is -0.357 e. The molecule has 0 saturated heterocycles. The molecule has 0 radical (unpaired) electrons. The summed E-state index contributed by atoms with van der Waals surface area (Å²) in [5.74, 6) is 1.32. The number of nitrogens with one attached hydrogen (secondary N) is 2. The lowest BCUT2D eigenvalue weighted by atomic mass is 10.2. The van der Waals surface area contributed by atoms with Crippen molar-refractivity contribution in [2.75, 3.05) is 6.54 Å². The molecule has 0 atom stereocenters. The van der Waals surface area contributed by atoms with E-state index in [0.29, 0.717) is 19.0 Å². The molecule has 0 unspecified atom stereocenters. The fraction of sp³-hybridized carbons (Fsp3) is 0.500. The minimum absolute atomic E-state index is 0. The topological polar surface area (TPSA) is 49.3 Å². The summed E-state index contributed by atoms with van der Waals surface area (Å²) in [6.07, 6.45) is 0. The van der Waals surface area contributed by atoms with Gasteiger partial charge in [-0.1, -0.05) is 13.8 Å². The summed E-state index contributed by atoms with van der Waals surface area (Å²) in [7, 11) is 0. The number of thiophene rings is 1. The summed E-state index contributed by atoms with van der Waals surface area (Å²) in [6.45, 7) is 10.8. The molecule has 0 fully saturated rings. The van der Waals surface area contributed by atoms with Crippen LogP contribution in [-0.4, -0.2) is 17.5 Å². The Labute approximate surface area is 163 Å². The van der Waals surface area contributed by atoms with Gasteiger partial charge in [-0.2, -0.15) is 0 Å². The molecule has 0 saturated carbocycles. The SMILES string of the molecule is CCNC(=NCc1ccc(C)s1)NCc1nc(C(C)C)cs1.I. The Hall–Kier alpha value is -0.670. The summed E-state index contributed by atoms with van der Waals surface area (Å²) in [5, 5.41) is 9.88. The summed E-state index contributed by atoms with van der Waals surface area (Å²) >= 11 is 3.50. The second-order valence-corrected chi connectivity index (χ2v) is 7.70. The number of hydrogen-bond donors (Lipinski definition) is 2. The Morgan fingerprint density at radius 2 is 2.09 bits per heavy atom. The first kappa shape index (κ1) is 20.4. The molecule has 0 spiro atoms. The molecular weight excluding hydrogens is 439 g/mol. The predicted molar refractivity (Wildman–Crippen MR) is 112 cm³/mol. The van der Waals surface area contributed by atoms with Crippen molar-refractivity contribution in [1.29, 1.82) is 0 Å². The summed E-state index contributed by atoms with van der Waals surface area (Å²) in [4.78, 5) is 11.9. The molecule has 128 valence electrons. The van der Waals surface area contributed by atoms with E-state index in [1.165, 1.54) is 9.75 Å². The van der Waals surface area contributed by atoms with Gasteiger partial charge in [-0.25, -0.2) is 9.98 Å². The van der Waals surface area contributed by atoms with Crippen LogP contribution in [0.1, 0.15) is 47.1 Å². The smallest absolute Gasteiger partial charge is 0.191 e. The zero-order valence-corrected chi connectivity index (χ0v) is 18.0. The van der Waals surface area contributed by atoms with E-state index < -0.39 is 0 Å². The Kier molecular flexibility index (Phi) is 9.08. The third-order valence-corrected chi connectivity index (χ3v) is 4.95. The largest absolute Gasteiger partial charge is 0.357 e. The maximum Gasteiger partial charge on any atom is 0.191 e. The Bertz CT molecular complexity index is 619. The standard InChI is InChI=1S/C16H24N4S2.HI/c1-5-17-16(18-8-13-7-6-12(4)22-13)19-9-15-20-14(10-21-15)11(2)3;/h6-7,10-11H,5,8-9H2,1-4H3,(H2,17,18,19);1H. The van der Waals surface area contributed by atoms with Gasteiger partial charge in [-0.05, 0) is 31.9 Å². The number of hydrogen-bond acceptors (Lipinski definition) is 4. The maximum atomic E-state index is 4.64. The number of aliphatic imine (C=N–C) groups is 1. The number of guanidine groups is 1. The average Bonchev–Trinajstić information content (AvgIpc) is 3.11. The first-order valence-electron chi connectivity index (χ1n) is 7.60. The van der Waals surface area contributed by atoms with Crippen LogP contribution in [0.2, 0.25) is 0 Å². The predicted octanol–water partition coefficient (Wildman–Crippen LogP) is 4.51. The van der Waals surface area contributed by atoms with Crippen molar-refractivity contribution in [1.82, 2.24) is 15.6 Å². The number of aromatic nitrogens is 1. The lowest BCUT2D eigenvalue weighted by Crippen LogP contribution is -2.36. The van der Waals surface area contributed by atoms with Crippen LogP contribution in [0.4, 0.5) is 0 Å². The highest BCUT2D eigenvalue weighted by molar-refractivity contribution is 14.0. The third-order valence-electron chi connectivity index (χ3n) is 3.10. The molecular formula is C16H25IN4S2. The summed E-state index contributed by atoms with van der Waals surface area (Å²) in [6, 6.07) is 4.28. The van der Waals surface area contributed by atoms with Crippen molar-refractivity contribution < 1.29 is 0 Å². The van der Waals surface area contributed by atoms with Crippen LogP contribution in [0, 0.1) is 6.92 Å². The van der Waals surface area contributed by atoms with Gasteiger partial charge in [0.05, 0.1) is 18.8 Å². The molecule has 0 amide bonds. The zero-order chi connectivity index (χ0) is 15.9. The molecule has 4 nitrogen and oxygen atoms in total. The van der Waals surface area contributed by atoms with Crippen LogP contribution >= 0.6 is 46.7 Å². The van der Waals surface area contributed by atoms with Gasteiger partial charge in [0.2, 0.25) is 0 Å². The van der Waals surface area contributed by atoms with E-state index in [2.05, 4.69) is 65.8 Å². The molecule has 23 heavy (non-hydrogen) atoms. The van der Waals surface area contributed by atoms with Crippen molar-refractivity contribution in [3.8, 4) is 0 Å². The van der Waals surface area contributed by atoms with E-state index in [-0.39, 0.29) is 24.0 Å². The average molecular weight is 464 g/mol. The van der Waals surface area contributed by atoms with E-state index in [0.717, 1.165) is 23.2 Å². The fourth-order valence-corrected chi connectivity index (χ4v) is 3.61. The van der Waals surface area contributed by atoms with Gasteiger partial charge in [0.25, 0.3) is 0 Å². The minimum atomic E-state index is 0. The Balaban J connectivity index is 0.00000264. The first-order chi connectivity index (χ1) is 10.6. The molecule has 0 bridgehead atoms. The third kappa shape index (κ3) is 6.76. The van der Waals surface area contributed by atoms with Crippen LogP contribution in [0.3, 0.4) is 0 Å². The highest BCUT2D eigenvalue weighted by Gasteiger charge is 2.06. The van der Waals surface area contributed by atoms with E-state index in [1.54, 1.807) is 22.7 Å². The molecule has 2 rings (SSSR count). The van der Waals surface area contributed by atoms with Gasteiger partial charge in [-0.15, -0.1) is 46.7 Å². The normalized spacial score (nSPS) is 11.4. The lowest BCUT2D eigenvalue weighted by molar-refractivity contribution is 0.788. The molecule has 0 aromatic carbocycles. The zero-order valence-electron chi connectivity index (χ0n) is 14.0.